The van der Waals surface area contributed by atoms with Gasteiger partial charge in [0.1, 0.15) is 17.5 Å². The van der Waals surface area contributed by atoms with E-state index in [9.17, 15) is 13.2 Å². The Balaban J connectivity index is 2.29. The lowest BCUT2D eigenvalue weighted by atomic mass is 10.1. The number of nitrogens with zero attached hydrogens (tertiary/aromatic N) is 1. The van der Waals surface area contributed by atoms with Gasteiger partial charge in [-0.1, -0.05) is 19.1 Å². The molecule has 8 heteroatoms. The molecule has 0 heterocycles. The van der Waals surface area contributed by atoms with E-state index in [4.69, 9.17) is 9.47 Å². The zero-order chi connectivity index (χ0) is 22.5. The molecule has 1 amide bonds. The molecule has 0 bridgehead atoms. The van der Waals surface area contributed by atoms with Gasteiger partial charge in [-0.15, -0.1) is 0 Å². The SMILES string of the molecule is CCc1ccc(N([C@H](C)C(=O)N[C@@H](C)c2cc(OC)ccc2OC)S(C)(=O)=O)cc1. The normalized spacial score (nSPS) is 13.3. The standard InChI is InChI=1S/C22H30N2O5S/c1-7-17-8-10-18(11-9-17)24(30(6,26)27)16(3)22(25)23-15(2)20-14-19(28-4)12-13-21(20)29-5/h8-16H,7H2,1-6H3,(H,23,25)/t15-,16+/m0/s1. The van der Waals surface area contributed by atoms with Crippen LogP contribution in [0.15, 0.2) is 42.5 Å². The average molecular weight is 435 g/mol. The van der Waals surface area contributed by atoms with Crippen LogP contribution in [0.5, 0.6) is 11.5 Å². The lowest BCUT2D eigenvalue weighted by Gasteiger charge is -2.29. The Bertz CT molecular complexity index is 974. The molecule has 0 saturated heterocycles. The second kappa shape index (κ2) is 9.84. The molecule has 30 heavy (non-hydrogen) atoms. The number of ether oxygens (including phenoxy) is 2. The molecule has 2 aromatic carbocycles. The summed E-state index contributed by atoms with van der Waals surface area (Å²) >= 11 is 0. The minimum absolute atomic E-state index is 0.419. The van der Waals surface area contributed by atoms with E-state index < -0.39 is 28.0 Å². The minimum Gasteiger partial charge on any atom is -0.497 e. The summed E-state index contributed by atoms with van der Waals surface area (Å²) in [5, 5.41) is 2.89. The summed E-state index contributed by atoms with van der Waals surface area (Å²) in [6, 6.07) is 11.1. The maximum absolute atomic E-state index is 13.0. The molecule has 0 aliphatic heterocycles. The van der Waals surface area contributed by atoms with Gasteiger partial charge in [-0.25, -0.2) is 8.42 Å². The molecular formula is C22H30N2O5S. The highest BCUT2D eigenvalue weighted by Gasteiger charge is 2.30. The van der Waals surface area contributed by atoms with Crippen molar-refractivity contribution in [1.82, 2.24) is 5.32 Å². The first-order valence-electron chi connectivity index (χ1n) is 9.73. The van der Waals surface area contributed by atoms with Crippen molar-refractivity contribution in [3.63, 3.8) is 0 Å². The van der Waals surface area contributed by atoms with Crippen molar-refractivity contribution in [3.05, 3.63) is 53.6 Å². The highest BCUT2D eigenvalue weighted by molar-refractivity contribution is 7.92. The summed E-state index contributed by atoms with van der Waals surface area (Å²) < 4.78 is 36.7. The van der Waals surface area contributed by atoms with Crippen molar-refractivity contribution in [3.8, 4) is 11.5 Å². The van der Waals surface area contributed by atoms with Crippen molar-refractivity contribution in [2.24, 2.45) is 0 Å². The van der Waals surface area contributed by atoms with Gasteiger partial charge < -0.3 is 14.8 Å². The fourth-order valence-electron chi connectivity index (χ4n) is 3.28. The largest absolute Gasteiger partial charge is 0.497 e. The molecule has 2 rings (SSSR count). The van der Waals surface area contributed by atoms with Gasteiger partial charge in [0.25, 0.3) is 0 Å². The zero-order valence-electron chi connectivity index (χ0n) is 18.3. The summed E-state index contributed by atoms with van der Waals surface area (Å²) in [5.41, 5.74) is 2.27. The van der Waals surface area contributed by atoms with Crippen LogP contribution in [0.1, 0.15) is 37.9 Å². The van der Waals surface area contributed by atoms with E-state index in [-0.39, 0.29) is 0 Å². The molecule has 7 nitrogen and oxygen atoms in total. The van der Waals surface area contributed by atoms with Crippen LogP contribution in [-0.2, 0) is 21.2 Å². The predicted molar refractivity (Wildman–Crippen MR) is 119 cm³/mol. The fraction of sp³-hybridized carbons (Fsp3) is 0.409. The molecule has 0 saturated carbocycles. The van der Waals surface area contributed by atoms with Gasteiger partial charge in [-0.3, -0.25) is 9.10 Å². The van der Waals surface area contributed by atoms with E-state index >= 15 is 0 Å². The maximum Gasteiger partial charge on any atom is 0.244 e. The minimum atomic E-state index is -3.68. The van der Waals surface area contributed by atoms with E-state index in [1.165, 1.54) is 0 Å². The van der Waals surface area contributed by atoms with Crippen molar-refractivity contribution in [1.29, 1.82) is 0 Å². The number of benzene rings is 2. The van der Waals surface area contributed by atoms with Crippen LogP contribution >= 0.6 is 0 Å². The number of carbonyl (C=O) groups is 1. The lowest BCUT2D eigenvalue weighted by Crippen LogP contribution is -2.48. The first-order valence-corrected chi connectivity index (χ1v) is 11.6. The number of rotatable bonds is 9. The molecule has 0 spiro atoms. The second-order valence-electron chi connectivity index (χ2n) is 7.09. The number of hydrogen-bond donors (Lipinski definition) is 1. The molecule has 2 aromatic rings. The van der Waals surface area contributed by atoms with Crippen molar-refractivity contribution in [2.75, 3.05) is 24.8 Å². The fourth-order valence-corrected chi connectivity index (χ4v) is 4.45. The number of amides is 1. The Kier molecular flexibility index (Phi) is 7.72. The molecule has 0 aromatic heterocycles. The molecular weight excluding hydrogens is 404 g/mol. The van der Waals surface area contributed by atoms with E-state index in [0.717, 1.165) is 28.1 Å². The number of sulfonamides is 1. The van der Waals surface area contributed by atoms with E-state index in [1.54, 1.807) is 51.5 Å². The average Bonchev–Trinajstić information content (AvgIpc) is 2.72. The first kappa shape index (κ1) is 23.5. The predicted octanol–water partition coefficient (Wildman–Crippen LogP) is 3.30. The van der Waals surface area contributed by atoms with Crippen molar-refractivity contribution in [2.45, 2.75) is 39.3 Å². The second-order valence-corrected chi connectivity index (χ2v) is 8.95. The van der Waals surface area contributed by atoms with Crippen LogP contribution in [0.25, 0.3) is 0 Å². The van der Waals surface area contributed by atoms with E-state index in [2.05, 4.69) is 5.32 Å². The third-order valence-corrected chi connectivity index (χ3v) is 6.19. The summed E-state index contributed by atoms with van der Waals surface area (Å²) in [6.45, 7) is 5.40. The summed E-state index contributed by atoms with van der Waals surface area (Å²) in [6.07, 6.45) is 1.94. The summed E-state index contributed by atoms with van der Waals surface area (Å²) in [7, 11) is -0.568. The van der Waals surface area contributed by atoms with Gasteiger partial charge >= 0.3 is 0 Å². The number of hydrogen-bond acceptors (Lipinski definition) is 5. The number of methoxy groups -OCH3 is 2. The van der Waals surface area contributed by atoms with Crippen molar-refractivity contribution < 1.29 is 22.7 Å². The molecule has 1 N–H and O–H groups in total. The van der Waals surface area contributed by atoms with Crippen LogP contribution in [-0.4, -0.2) is 40.8 Å². The highest BCUT2D eigenvalue weighted by atomic mass is 32.2. The van der Waals surface area contributed by atoms with Gasteiger partial charge in [-0.05, 0) is 56.2 Å². The van der Waals surface area contributed by atoms with Crippen LogP contribution in [0, 0.1) is 0 Å². The number of nitrogens with one attached hydrogen (secondary N) is 1. The Morgan fingerprint density at radius 3 is 2.20 bits per heavy atom. The van der Waals surface area contributed by atoms with Crippen molar-refractivity contribution >= 4 is 21.6 Å². The summed E-state index contributed by atoms with van der Waals surface area (Å²) in [5.74, 6) is 0.817. The third kappa shape index (κ3) is 5.44. The molecule has 0 aliphatic rings. The van der Waals surface area contributed by atoms with Gasteiger partial charge in [0.2, 0.25) is 15.9 Å². The van der Waals surface area contributed by atoms with Crippen LogP contribution in [0.3, 0.4) is 0 Å². The third-order valence-electron chi connectivity index (χ3n) is 4.95. The first-order chi connectivity index (χ1) is 14.1. The Morgan fingerprint density at radius 1 is 1.07 bits per heavy atom. The van der Waals surface area contributed by atoms with E-state index in [0.29, 0.717) is 17.2 Å². The van der Waals surface area contributed by atoms with E-state index in [1.807, 2.05) is 26.0 Å². The van der Waals surface area contributed by atoms with Gasteiger partial charge in [0.15, 0.2) is 0 Å². The quantitative estimate of drug-likeness (QED) is 0.655. The molecule has 164 valence electrons. The topological polar surface area (TPSA) is 84.9 Å². The number of aryl methyl sites for hydroxylation is 1. The smallest absolute Gasteiger partial charge is 0.244 e. The van der Waals surface area contributed by atoms with Crippen LogP contribution in [0.2, 0.25) is 0 Å². The lowest BCUT2D eigenvalue weighted by molar-refractivity contribution is -0.122. The van der Waals surface area contributed by atoms with Gasteiger partial charge in [0.05, 0.1) is 32.2 Å². The molecule has 0 aliphatic carbocycles. The van der Waals surface area contributed by atoms with Crippen LogP contribution in [0.4, 0.5) is 5.69 Å². The van der Waals surface area contributed by atoms with Crippen LogP contribution < -0.4 is 19.1 Å². The monoisotopic (exact) mass is 434 g/mol. The molecule has 2 atom stereocenters. The zero-order valence-corrected chi connectivity index (χ0v) is 19.1. The number of carbonyl (C=O) groups excluding carboxylic acids is 1. The Morgan fingerprint density at radius 2 is 1.70 bits per heavy atom. The van der Waals surface area contributed by atoms with Gasteiger partial charge in [-0.2, -0.15) is 0 Å². The maximum atomic E-state index is 13.0. The molecule has 0 unspecified atom stereocenters. The molecule has 0 radical (unpaired) electrons. The number of anilines is 1. The van der Waals surface area contributed by atoms with Gasteiger partial charge in [0, 0.05) is 5.56 Å². The molecule has 0 fully saturated rings. The Labute approximate surface area is 179 Å². The highest BCUT2D eigenvalue weighted by Crippen LogP contribution is 2.29. The summed E-state index contributed by atoms with van der Waals surface area (Å²) in [4.78, 5) is 13.0. The Hall–Kier alpha value is -2.74.